The van der Waals surface area contributed by atoms with E-state index in [9.17, 15) is 0 Å². The second kappa shape index (κ2) is 9.13. The molecule has 0 bridgehead atoms. The van der Waals surface area contributed by atoms with Gasteiger partial charge in [0.15, 0.2) is 5.76 Å². The lowest BCUT2D eigenvalue weighted by atomic mass is 9.86. The number of nitrogens with zero attached hydrogens (tertiary/aromatic N) is 5. The number of aromatic nitrogens is 5. The van der Waals surface area contributed by atoms with E-state index in [2.05, 4.69) is 30.4 Å². The molecule has 0 saturated heterocycles. The molecule has 0 spiro atoms. The maximum Gasteiger partial charge on any atom is 0.223 e. The minimum absolute atomic E-state index is 0.456. The molecule has 0 radical (unpaired) electrons. The van der Waals surface area contributed by atoms with Crippen LogP contribution in [0.25, 0.3) is 22.8 Å². The summed E-state index contributed by atoms with van der Waals surface area (Å²) in [6.45, 7) is 3.12. The van der Waals surface area contributed by atoms with Gasteiger partial charge in [-0.1, -0.05) is 17.6 Å². The zero-order valence-corrected chi connectivity index (χ0v) is 17.9. The van der Waals surface area contributed by atoms with Gasteiger partial charge >= 0.3 is 0 Å². The Morgan fingerprint density at radius 3 is 2.69 bits per heavy atom. The summed E-state index contributed by atoms with van der Waals surface area (Å²) in [6.07, 6.45) is 9.02. The van der Waals surface area contributed by atoms with Crippen molar-refractivity contribution in [1.29, 1.82) is 0 Å². The summed E-state index contributed by atoms with van der Waals surface area (Å²) in [4.78, 5) is 17.8. The zero-order chi connectivity index (χ0) is 21.8. The summed E-state index contributed by atoms with van der Waals surface area (Å²) in [7, 11) is 0. The Labute approximate surface area is 186 Å². The van der Waals surface area contributed by atoms with Crippen LogP contribution in [-0.4, -0.2) is 31.7 Å². The summed E-state index contributed by atoms with van der Waals surface area (Å²) in [5, 5.41) is 7.40. The van der Waals surface area contributed by atoms with Crippen molar-refractivity contribution in [3.05, 3.63) is 66.2 Å². The molecule has 8 heteroatoms. The molecule has 1 aliphatic carbocycles. The van der Waals surface area contributed by atoms with Crippen LogP contribution in [0, 0.1) is 12.8 Å². The first-order valence-electron chi connectivity index (χ1n) is 10.8. The molecule has 0 amide bonds. The Kier molecular flexibility index (Phi) is 5.74. The molecule has 32 heavy (non-hydrogen) atoms. The normalized spacial score (nSPS) is 13.5. The number of nitrogens with one attached hydrogen (secondary N) is 1. The van der Waals surface area contributed by atoms with Crippen molar-refractivity contribution in [2.75, 3.05) is 11.9 Å². The van der Waals surface area contributed by atoms with E-state index >= 15 is 0 Å². The van der Waals surface area contributed by atoms with E-state index in [1.165, 1.54) is 19.3 Å². The van der Waals surface area contributed by atoms with Gasteiger partial charge in [0.1, 0.15) is 11.4 Å². The molecule has 5 rings (SSSR count). The van der Waals surface area contributed by atoms with Gasteiger partial charge in [-0.3, -0.25) is 4.98 Å². The first-order valence-corrected chi connectivity index (χ1v) is 10.8. The number of aryl methyl sites for hydroxylation is 1. The SMILES string of the molecule is Cc1noc(-c2ccc(OCC3CCC3)cn2)c1CNc1nccc(-c2ccccn2)n1. The highest BCUT2D eigenvalue weighted by atomic mass is 16.5. The van der Waals surface area contributed by atoms with Crippen LogP contribution < -0.4 is 10.1 Å². The molecule has 0 aliphatic heterocycles. The van der Waals surface area contributed by atoms with Gasteiger partial charge in [0.25, 0.3) is 0 Å². The lowest BCUT2D eigenvalue weighted by Gasteiger charge is -2.24. The second-order valence-corrected chi connectivity index (χ2v) is 7.90. The van der Waals surface area contributed by atoms with E-state index in [0.717, 1.165) is 35.0 Å². The number of pyridine rings is 2. The van der Waals surface area contributed by atoms with Crippen molar-refractivity contribution >= 4 is 5.95 Å². The number of rotatable bonds is 8. The van der Waals surface area contributed by atoms with Gasteiger partial charge in [-0.25, -0.2) is 15.0 Å². The highest BCUT2D eigenvalue weighted by molar-refractivity contribution is 5.59. The first-order chi connectivity index (χ1) is 15.8. The molecule has 4 aromatic heterocycles. The van der Waals surface area contributed by atoms with Crippen LogP contribution in [-0.2, 0) is 6.54 Å². The summed E-state index contributed by atoms with van der Waals surface area (Å²) < 4.78 is 11.4. The third-order valence-electron chi connectivity index (χ3n) is 5.67. The van der Waals surface area contributed by atoms with Crippen molar-refractivity contribution in [1.82, 2.24) is 25.1 Å². The molecule has 4 heterocycles. The fourth-order valence-electron chi connectivity index (χ4n) is 3.54. The predicted octanol–water partition coefficient (Wildman–Crippen LogP) is 4.69. The molecule has 1 fully saturated rings. The lowest BCUT2D eigenvalue weighted by Crippen LogP contribution is -2.19. The topological polar surface area (TPSA) is 98.9 Å². The molecule has 4 aromatic rings. The lowest BCUT2D eigenvalue weighted by molar-refractivity contribution is 0.180. The Hall–Kier alpha value is -3.81. The van der Waals surface area contributed by atoms with Crippen LogP contribution in [0.5, 0.6) is 5.75 Å². The number of ether oxygens (including phenoxy) is 1. The van der Waals surface area contributed by atoms with Crippen LogP contribution in [0.3, 0.4) is 0 Å². The maximum absolute atomic E-state index is 5.85. The van der Waals surface area contributed by atoms with Gasteiger partial charge in [-0.05, 0) is 56.0 Å². The fourth-order valence-corrected chi connectivity index (χ4v) is 3.54. The van der Waals surface area contributed by atoms with E-state index in [1.807, 2.05) is 43.3 Å². The molecule has 8 nitrogen and oxygen atoms in total. The van der Waals surface area contributed by atoms with Crippen molar-refractivity contribution in [3.63, 3.8) is 0 Å². The Bertz CT molecular complexity index is 1170. The van der Waals surface area contributed by atoms with Crippen molar-refractivity contribution in [2.45, 2.75) is 32.7 Å². The van der Waals surface area contributed by atoms with Gasteiger partial charge in [-0.15, -0.1) is 0 Å². The van der Waals surface area contributed by atoms with Gasteiger partial charge in [0, 0.05) is 24.5 Å². The first kappa shape index (κ1) is 20.1. The van der Waals surface area contributed by atoms with Crippen LogP contribution in [0.15, 0.2) is 59.5 Å². The minimum atomic E-state index is 0.456. The van der Waals surface area contributed by atoms with Crippen molar-refractivity contribution in [2.24, 2.45) is 5.92 Å². The van der Waals surface area contributed by atoms with E-state index in [0.29, 0.717) is 29.9 Å². The highest BCUT2D eigenvalue weighted by Crippen LogP contribution is 2.29. The Balaban J connectivity index is 1.28. The Morgan fingerprint density at radius 2 is 1.94 bits per heavy atom. The standard InChI is InChI=1S/C24H24N6O2/c1-16-19(14-28-24-26-12-10-21(29-24)20-7-2-3-11-25-20)23(32-30-16)22-9-8-18(13-27-22)31-15-17-5-4-6-17/h2-3,7-13,17H,4-6,14-15H2,1H3,(H,26,28,29). The quantitative estimate of drug-likeness (QED) is 0.432. The second-order valence-electron chi connectivity index (χ2n) is 7.90. The predicted molar refractivity (Wildman–Crippen MR) is 120 cm³/mol. The maximum atomic E-state index is 5.85. The minimum Gasteiger partial charge on any atom is -0.492 e. The molecule has 0 atom stereocenters. The summed E-state index contributed by atoms with van der Waals surface area (Å²) in [5.41, 5.74) is 3.96. The molecule has 0 aromatic carbocycles. The van der Waals surface area contributed by atoms with Gasteiger partial charge < -0.3 is 14.6 Å². The van der Waals surface area contributed by atoms with E-state index in [4.69, 9.17) is 9.26 Å². The molecule has 162 valence electrons. The van der Waals surface area contributed by atoms with E-state index in [1.54, 1.807) is 18.6 Å². The van der Waals surface area contributed by atoms with Crippen LogP contribution in [0.4, 0.5) is 5.95 Å². The van der Waals surface area contributed by atoms with Crippen LogP contribution in [0.2, 0.25) is 0 Å². The molecule has 1 saturated carbocycles. The summed E-state index contributed by atoms with van der Waals surface area (Å²) in [5.74, 6) is 2.59. The van der Waals surface area contributed by atoms with Gasteiger partial charge in [0.05, 0.1) is 29.9 Å². The molecule has 0 unspecified atom stereocenters. The number of hydrogen-bond acceptors (Lipinski definition) is 8. The van der Waals surface area contributed by atoms with Crippen LogP contribution in [0.1, 0.15) is 30.5 Å². The number of anilines is 1. The number of hydrogen-bond donors (Lipinski definition) is 1. The third-order valence-corrected chi connectivity index (χ3v) is 5.67. The smallest absolute Gasteiger partial charge is 0.223 e. The highest BCUT2D eigenvalue weighted by Gasteiger charge is 2.19. The Morgan fingerprint density at radius 1 is 1.00 bits per heavy atom. The average molecular weight is 428 g/mol. The molecule has 1 aliphatic rings. The summed E-state index contributed by atoms with van der Waals surface area (Å²) in [6, 6.07) is 11.4. The monoisotopic (exact) mass is 428 g/mol. The fraction of sp³-hybridized carbons (Fsp3) is 0.292. The average Bonchev–Trinajstić information content (AvgIpc) is 3.18. The van der Waals surface area contributed by atoms with Gasteiger partial charge in [-0.2, -0.15) is 0 Å². The zero-order valence-electron chi connectivity index (χ0n) is 17.9. The summed E-state index contributed by atoms with van der Waals surface area (Å²) >= 11 is 0. The molecule has 1 N–H and O–H groups in total. The largest absolute Gasteiger partial charge is 0.492 e. The van der Waals surface area contributed by atoms with E-state index < -0.39 is 0 Å². The van der Waals surface area contributed by atoms with E-state index in [-0.39, 0.29) is 0 Å². The third kappa shape index (κ3) is 4.44. The van der Waals surface area contributed by atoms with Gasteiger partial charge in [0.2, 0.25) is 5.95 Å². The van der Waals surface area contributed by atoms with Crippen molar-refractivity contribution in [3.8, 4) is 28.6 Å². The van der Waals surface area contributed by atoms with Crippen molar-refractivity contribution < 1.29 is 9.26 Å². The molecular weight excluding hydrogens is 404 g/mol. The molecular formula is C24H24N6O2. The van der Waals surface area contributed by atoms with Crippen LogP contribution >= 0.6 is 0 Å².